The summed E-state index contributed by atoms with van der Waals surface area (Å²) in [6, 6.07) is 17.0. The van der Waals surface area contributed by atoms with E-state index in [2.05, 4.69) is 98.1 Å². The van der Waals surface area contributed by atoms with Crippen molar-refractivity contribution in [3.8, 4) is 22.5 Å². The van der Waals surface area contributed by atoms with E-state index in [1.54, 1.807) is 0 Å². The molecule has 0 aliphatic heterocycles. The topological polar surface area (TPSA) is 39.9 Å². The molecular formula is C23H27N3O. The molecule has 1 heterocycles. The van der Waals surface area contributed by atoms with E-state index in [1.807, 2.05) is 0 Å². The molecule has 1 aromatic heterocycles. The molecule has 0 bridgehead atoms. The molecule has 0 amide bonds. The van der Waals surface area contributed by atoms with Gasteiger partial charge in [0.05, 0.1) is 23.4 Å². The van der Waals surface area contributed by atoms with Crippen molar-refractivity contribution >= 4 is 0 Å². The molecule has 0 saturated carbocycles. The lowest BCUT2D eigenvalue weighted by Gasteiger charge is -2.28. The molecular weight excluding hydrogens is 334 g/mol. The Morgan fingerprint density at radius 2 is 1.67 bits per heavy atom. The standard InChI is InChI=1S/C23H27N3O/c1-15(2)27-20-14-16-10-6-7-11-17(16)21-22(19-13-9-8-12-18(19)20)26(25-24-21)23(3,4)5/h6-13,15,20H,14H2,1-5H3. The Morgan fingerprint density at radius 3 is 2.37 bits per heavy atom. The van der Waals surface area contributed by atoms with Crippen LogP contribution >= 0.6 is 0 Å². The fourth-order valence-electron chi connectivity index (χ4n) is 3.86. The Kier molecular flexibility index (Phi) is 4.39. The number of hydrogen-bond acceptors (Lipinski definition) is 3. The molecule has 0 saturated heterocycles. The van der Waals surface area contributed by atoms with Gasteiger partial charge in [-0.1, -0.05) is 53.7 Å². The summed E-state index contributed by atoms with van der Waals surface area (Å²) in [6.07, 6.45) is 0.978. The van der Waals surface area contributed by atoms with Gasteiger partial charge in [0.15, 0.2) is 0 Å². The zero-order chi connectivity index (χ0) is 19.2. The Balaban J connectivity index is 2.06. The van der Waals surface area contributed by atoms with Crippen LogP contribution in [-0.4, -0.2) is 21.1 Å². The maximum absolute atomic E-state index is 6.38. The van der Waals surface area contributed by atoms with Crippen molar-refractivity contribution in [2.24, 2.45) is 0 Å². The summed E-state index contributed by atoms with van der Waals surface area (Å²) < 4.78 is 8.43. The van der Waals surface area contributed by atoms with Gasteiger partial charge in [-0.2, -0.15) is 0 Å². The summed E-state index contributed by atoms with van der Waals surface area (Å²) in [5, 5.41) is 9.19. The summed E-state index contributed by atoms with van der Waals surface area (Å²) in [5.41, 5.74) is 6.62. The lowest BCUT2D eigenvalue weighted by Crippen LogP contribution is -2.25. The number of hydrogen-bond donors (Lipinski definition) is 0. The molecule has 1 aliphatic carbocycles. The van der Waals surface area contributed by atoms with Crippen LogP contribution in [0.1, 0.15) is 51.8 Å². The SMILES string of the molecule is CC(C)OC1Cc2ccccc2-c2nnn(C(C)(C)C)c2-c2ccccc21. The highest BCUT2D eigenvalue weighted by Gasteiger charge is 2.31. The molecule has 0 fully saturated rings. The molecule has 2 aromatic carbocycles. The number of ether oxygens (including phenoxy) is 1. The monoisotopic (exact) mass is 361 g/mol. The van der Waals surface area contributed by atoms with Crippen molar-refractivity contribution < 1.29 is 4.74 Å². The third-order valence-corrected chi connectivity index (χ3v) is 4.98. The molecule has 4 rings (SSSR count). The van der Waals surface area contributed by atoms with E-state index < -0.39 is 0 Å². The van der Waals surface area contributed by atoms with Crippen LogP contribution in [0.5, 0.6) is 0 Å². The molecule has 4 nitrogen and oxygen atoms in total. The third kappa shape index (κ3) is 3.19. The highest BCUT2D eigenvalue weighted by molar-refractivity contribution is 5.82. The fourth-order valence-corrected chi connectivity index (χ4v) is 3.86. The molecule has 1 atom stereocenters. The van der Waals surface area contributed by atoms with Gasteiger partial charge in [-0.05, 0) is 45.7 Å². The number of rotatable bonds is 2. The second-order valence-electron chi connectivity index (χ2n) is 8.49. The normalized spacial score (nSPS) is 16.3. The lowest BCUT2D eigenvalue weighted by molar-refractivity contribution is 0.00714. The zero-order valence-corrected chi connectivity index (χ0v) is 16.7. The Labute approximate surface area is 161 Å². The highest BCUT2D eigenvalue weighted by Crippen LogP contribution is 2.43. The Bertz CT molecular complexity index is 966. The van der Waals surface area contributed by atoms with E-state index in [0.29, 0.717) is 0 Å². The largest absolute Gasteiger partial charge is 0.371 e. The molecule has 27 heavy (non-hydrogen) atoms. The molecule has 0 spiro atoms. The van der Waals surface area contributed by atoms with Crippen molar-refractivity contribution in [2.75, 3.05) is 0 Å². The van der Waals surface area contributed by atoms with Crippen LogP contribution in [0, 0.1) is 0 Å². The van der Waals surface area contributed by atoms with Gasteiger partial charge < -0.3 is 4.74 Å². The van der Waals surface area contributed by atoms with Gasteiger partial charge in [0.25, 0.3) is 0 Å². The van der Waals surface area contributed by atoms with Crippen LogP contribution in [0.3, 0.4) is 0 Å². The smallest absolute Gasteiger partial charge is 0.121 e. The maximum Gasteiger partial charge on any atom is 0.121 e. The predicted molar refractivity (Wildman–Crippen MR) is 109 cm³/mol. The van der Waals surface area contributed by atoms with Crippen molar-refractivity contribution in [2.45, 2.75) is 58.8 Å². The van der Waals surface area contributed by atoms with E-state index >= 15 is 0 Å². The van der Waals surface area contributed by atoms with E-state index in [4.69, 9.17) is 4.74 Å². The van der Waals surface area contributed by atoms with E-state index in [0.717, 1.165) is 28.9 Å². The highest BCUT2D eigenvalue weighted by atomic mass is 16.5. The van der Waals surface area contributed by atoms with Crippen molar-refractivity contribution in [1.29, 1.82) is 0 Å². The molecule has 4 heteroatoms. The average molecular weight is 361 g/mol. The van der Waals surface area contributed by atoms with Gasteiger partial charge in [0.1, 0.15) is 5.69 Å². The van der Waals surface area contributed by atoms with Crippen LogP contribution in [0.4, 0.5) is 0 Å². The molecule has 1 unspecified atom stereocenters. The first-order chi connectivity index (χ1) is 12.9. The quantitative estimate of drug-likeness (QED) is 0.614. The Morgan fingerprint density at radius 1 is 1.00 bits per heavy atom. The van der Waals surface area contributed by atoms with Gasteiger partial charge in [-0.15, -0.1) is 5.10 Å². The first-order valence-electron chi connectivity index (χ1n) is 9.65. The van der Waals surface area contributed by atoms with Crippen molar-refractivity contribution in [3.05, 3.63) is 59.7 Å². The predicted octanol–water partition coefficient (Wildman–Crippen LogP) is 5.39. The summed E-state index contributed by atoms with van der Waals surface area (Å²) in [5.74, 6) is 0. The van der Waals surface area contributed by atoms with Gasteiger partial charge >= 0.3 is 0 Å². The molecule has 1 aliphatic rings. The van der Waals surface area contributed by atoms with Gasteiger partial charge in [0.2, 0.25) is 0 Å². The minimum absolute atomic E-state index is 0.00109. The second kappa shape index (κ2) is 6.61. The minimum atomic E-state index is -0.170. The molecule has 0 radical (unpaired) electrons. The van der Waals surface area contributed by atoms with Crippen LogP contribution in [0.25, 0.3) is 22.5 Å². The molecule has 140 valence electrons. The van der Waals surface area contributed by atoms with Crippen molar-refractivity contribution in [1.82, 2.24) is 15.0 Å². The maximum atomic E-state index is 6.38. The number of nitrogens with zero attached hydrogens (tertiary/aromatic N) is 3. The first kappa shape index (κ1) is 17.9. The van der Waals surface area contributed by atoms with Crippen LogP contribution in [0.15, 0.2) is 48.5 Å². The van der Waals surface area contributed by atoms with E-state index in [-0.39, 0.29) is 17.7 Å². The van der Waals surface area contributed by atoms with Gasteiger partial charge in [-0.3, -0.25) is 0 Å². The van der Waals surface area contributed by atoms with Crippen LogP contribution < -0.4 is 0 Å². The van der Waals surface area contributed by atoms with E-state index in [1.165, 1.54) is 11.1 Å². The number of benzene rings is 2. The summed E-state index contributed by atoms with van der Waals surface area (Å²) in [7, 11) is 0. The van der Waals surface area contributed by atoms with Crippen LogP contribution in [-0.2, 0) is 16.7 Å². The van der Waals surface area contributed by atoms with Gasteiger partial charge in [0, 0.05) is 17.5 Å². The molecule has 0 N–H and O–H groups in total. The average Bonchev–Trinajstić information content (AvgIpc) is 3.05. The zero-order valence-electron chi connectivity index (χ0n) is 16.7. The van der Waals surface area contributed by atoms with E-state index in [9.17, 15) is 0 Å². The third-order valence-electron chi connectivity index (χ3n) is 4.98. The fraction of sp³-hybridized carbons (Fsp3) is 0.391. The summed E-state index contributed by atoms with van der Waals surface area (Å²) in [6.45, 7) is 10.7. The minimum Gasteiger partial charge on any atom is -0.371 e. The van der Waals surface area contributed by atoms with Crippen LogP contribution in [0.2, 0.25) is 0 Å². The lowest BCUT2D eigenvalue weighted by atomic mass is 9.87. The van der Waals surface area contributed by atoms with Gasteiger partial charge in [-0.25, -0.2) is 4.68 Å². The second-order valence-corrected chi connectivity index (χ2v) is 8.49. The number of fused-ring (bicyclic) bond motifs is 5. The molecule has 3 aromatic rings. The summed E-state index contributed by atoms with van der Waals surface area (Å²) >= 11 is 0. The Hall–Kier alpha value is -2.46. The summed E-state index contributed by atoms with van der Waals surface area (Å²) in [4.78, 5) is 0. The number of aromatic nitrogens is 3. The van der Waals surface area contributed by atoms with Crippen molar-refractivity contribution in [3.63, 3.8) is 0 Å². The first-order valence-corrected chi connectivity index (χ1v) is 9.65.